The molecule has 1 aliphatic rings. The van der Waals surface area contributed by atoms with Crippen molar-refractivity contribution in [1.29, 1.82) is 0 Å². The molecule has 0 saturated heterocycles. The number of nitrogen functional groups attached to an aromatic ring is 1. The van der Waals surface area contributed by atoms with Crippen LogP contribution < -0.4 is 11.1 Å². The highest BCUT2D eigenvalue weighted by Crippen LogP contribution is 2.31. The minimum atomic E-state index is -0.292. The third-order valence-corrected chi connectivity index (χ3v) is 2.82. The number of hydrogen-bond donors (Lipinski definition) is 2. The van der Waals surface area contributed by atoms with E-state index in [0.29, 0.717) is 11.3 Å². The normalized spacial score (nSPS) is 13.2. The Labute approximate surface area is 97.7 Å². The summed E-state index contributed by atoms with van der Waals surface area (Å²) in [4.78, 5) is 8.27. The lowest BCUT2D eigenvalue weighted by Gasteiger charge is -2.08. The van der Waals surface area contributed by atoms with Crippen molar-refractivity contribution in [3.05, 3.63) is 35.6 Å². The van der Waals surface area contributed by atoms with E-state index in [2.05, 4.69) is 15.3 Å². The quantitative estimate of drug-likeness (QED) is 0.784. The summed E-state index contributed by atoms with van der Waals surface area (Å²) in [5.41, 5.74) is 7.64. The molecule has 0 unspecified atom stereocenters. The fourth-order valence-electron chi connectivity index (χ4n) is 2.07. The van der Waals surface area contributed by atoms with Crippen LogP contribution in [0.15, 0.2) is 24.3 Å². The molecule has 86 valence electrons. The van der Waals surface area contributed by atoms with E-state index in [4.69, 9.17) is 5.73 Å². The summed E-state index contributed by atoms with van der Waals surface area (Å²) in [5.74, 6) is 0.590. The summed E-state index contributed by atoms with van der Waals surface area (Å²) >= 11 is 0. The second-order valence-corrected chi connectivity index (χ2v) is 3.91. The third-order valence-electron chi connectivity index (χ3n) is 2.82. The minimum absolute atomic E-state index is 0.163. The highest BCUT2D eigenvalue weighted by molar-refractivity contribution is 5.72. The lowest BCUT2D eigenvalue weighted by Crippen LogP contribution is -2.02. The maximum absolute atomic E-state index is 13.8. The van der Waals surface area contributed by atoms with Gasteiger partial charge in [0.1, 0.15) is 11.6 Å². The zero-order valence-corrected chi connectivity index (χ0v) is 9.07. The van der Waals surface area contributed by atoms with Gasteiger partial charge in [-0.2, -0.15) is 4.98 Å². The van der Waals surface area contributed by atoms with Gasteiger partial charge in [-0.3, -0.25) is 0 Å². The highest BCUT2D eigenvalue weighted by Gasteiger charge is 2.20. The zero-order chi connectivity index (χ0) is 11.8. The summed E-state index contributed by atoms with van der Waals surface area (Å²) in [6.07, 6.45) is 0.791. The number of halogens is 1. The molecule has 0 spiro atoms. The fourth-order valence-corrected chi connectivity index (χ4v) is 2.07. The molecule has 0 amide bonds. The molecule has 2 heterocycles. The summed E-state index contributed by atoms with van der Waals surface area (Å²) in [6.45, 7) is 0.787. The van der Waals surface area contributed by atoms with Crippen molar-refractivity contribution in [2.75, 3.05) is 17.6 Å². The van der Waals surface area contributed by atoms with E-state index in [1.807, 2.05) is 0 Å². The Morgan fingerprint density at radius 1 is 1.24 bits per heavy atom. The fraction of sp³-hybridized carbons (Fsp3) is 0.167. The standard InChI is InChI=1S/C12H11FN4/c13-9-4-2-1-3-7(9)10-8-5-6-15-11(8)17-12(14)16-10/h1-4H,5-6H2,(H3,14,15,16,17). The Hall–Kier alpha value is -2.17. The van der Waals surface area contributed by atoms with Crippen LogP contribution in [0.5, 0.6) is 0 Å². The molecule has 4 nitrogen and oxygen atoms in total. The maximum atomic E-state index is 13.8. The summed E-state index contributed by atoms with van der Waals surface area (Å²) in [6, 6.07) is 6.56. The van der Waals surface area contributed by atoms with Crippen LogP contribution in [0.25, 0.3) is 11.3 Å². The first-order chi connectivity index (χ1) is 8.25. The van der Waals surface area contributed by atoms with Gasteiger partial charge in [-0.25, -0.2) is 9.37 Å². The van der Waals surface area contributed by atoms with Crippen LogP contribution in [0.1, 0.15) is 5.56 Å². The molecule has 3 rings (SSSR count). The molecule has 0 fully saturated rings. The first-order valence-corrected chi connectivity index (χ1v) is 5.41. The Morgan fingerprint density at radius 3 is 2.88 bits per heavy atom. The first-order valence-electron chi connectivity index (χ1n) is 5.41. The van der Waals surface area contributed by atoms with Crippen molar-refractivity contribution in [3.63, 3.8) is 0 Å². The van der Waals surface area contributed by atoms with E-state index in [1.54, 1.807) is 18.2 Å². The van der Waals surface area contributed by atoms with Crippen molar-refractivity contribution >= 4 is 11.8 Å². The predicted octanol–water partition coefficient (Wildman–Crippen LogP) is 1.83. The second-order valence-electron chi connectivity index (χ2n) is 3.91. The number of nitrogens with zero attached hydrogens (tertiary/aromatic N) is 2. The van der Waals surface area contributed by atoms with Crippen molar-refractivity contribution < 1.29 is 4.39 Å². The number of fused-ring (bicyclic) bond motifs is 1. The van der Waals surface area contributed by atoms with Crippen molar-refractivity contribution in [3.8, 4) is 11.3 Å². The number of anilines is 2. The van der Waals surface area contributed by atoms with Gasteiger partial charge < -0.3 is 11.1 Å². The topological polar surface area (TPSA) is 63.8 Å². The maximum Gasteiger partial charge on any atom is 0.222 e. The summed E-state index contributed by atoms with van der Waals surface area (Å²) in [5, 5.41) is 3.12. The van der Waals surface area contributed by atoms with Gasteiger partial charge in [-0.1, -0.05) is 12.1 Å². The largest absolute Gasteiger partial charge is 0.369 e. The lowest BCUT2D eigenvalue weighted by molar-refractivity contribution is 0.630. The molecule has 1 aromatic heterocycles. The van der Waals surface area contributed by atoms with Gasteiger partial charge in [-0.15, -0.1) is 0 Å². The molecule has 2 aromatic rings. The van der Waals surface area contributed by atoms with Gasteiger partial charge >= 0.3 is 0 Å². The van der Waals surface area contributed by atoms with Crippen molar-refractivity contribution in [2.24, 2.45) is 0 Å². The lowest BCUT2D eigenvalue weighted by atomic mass is 10.1. The van der Waals surface area contributed by atoms with Crippen molar-refractivity contribution in [2.45, 2.75) is 6.42 Å². The minimum Gasteiger partial charge on any atom is -0.369 e. The van der Waals surface area contributed by atoms with E-state index >= 15 is 0 Å². The van der Waals surface area contributed by atoms with E-state index < -0.39 is 0 Å². The molecule has 17 heavy (non-hydrogen) atoms. The third kappa shape index (κ3) is 1.60. The summed E-state index contributed by atoms with van der Waals surface area (Å²) in [7, 11) is 0. The SMILES string of the molecule is Nc1nc2c(c(-c3ccccc3F)n1)CCN2. The second kappa shape index (κ2) is 3.69. The molecule has 0 saturated carbocycles. The Bertz CT molecular complexity index is 583. The molecular formula is C12H11FN4. The first kappa shape index (κ1) is 10.0. The van der Waals surface area contributed by atoms with Crippen LogP contribution in [0.4, 0.5) is 16.2 Å². The van der Waals surface area contributed by atoms with E-state index in [9.17, 15) is 4.39 Å². The number of nitrogens with two attached hydrogens (primary N) is 1. The Balaban J connectivity index is 2.25. The van der Waals surface area contributed by atoms with Gasteiger partial charge in [0.15, 0.2) is 0 Å². The van der Waals surface area contributed by atoms with Crippen LogP contribution >= 0.6 is 0 Å². The van der Waals surface area contributed by atoms with Gasteiger partial charge in [-0.05, 0) is 18.6 Å². The zero-order valence-electron chi connectivity index (χ0n) is 9.07. The Morgan fingerprint density at radius 2 is 2.06 bits per heavy atom. The van der Waals surface area contributed by atoms with Gasteiger partial charge in [0.2, 0.25) is 5.95 Å². The molecule has 1 aromatic carbocycles. The average Bonchev–Trinajstić information content (AvgIpc) is 2.76. The highest BCUT2D eigenvalue weighted by atomic mass is 19.1. The van der Waals surface area contributed by atoms with E-state index in [-0.39, 0.29) is 11.8 Å². The molecule has 1 aliphatic heterocycles. The van der Waals surface area contributed by atoms with Crippen LogP contribution in [-0.4, -0.2) is 16.5 Å². The number of rotatable bonds is 1. The number of nitrogens with one attached hydrogen (secondary N) is 1. The van der Waals surface area contributed by atoms with Gasteiger partial charge in [0.05, 0.1) is 5.69 Å². The monoisotopic (exact) mass is 230 g/mol. The van der Waals surface area contributed by atoms with E-state index in [1.165, 1.54) is 6.07 Å². The van der Waals surface area contributed by atoms with Crippen LogP contribution in [0, 0.1) is 5.82 Å². The molecule has 0 radical (unpaired) electrons. The predicted molar refractivity (Wildman–Crippen MR) is 64.0 cm³/mol. The van der Waals surface area contributed by atoms with Crippen molar-refractivity contribution in [1.82, 2.24) is 9.97 Å². The van der Waals surface area contributed by atoms with Crippen LogP contribution in [-0.2, 0) is 6.42 Å². The smallest absolute Gasteiger partial charge is 0.222 e. The number of aromatic nitrogens is 2. The molecule has 0 atom stereocenters. The van der Waals surface area contributed by atoms with Crippen LogP contribution in [0.2, 0.25) is 0 Å². The van der Waals surface area contributed by atoms with E-state index in [0.717, 1.165) is 24.3 Å². The van der Waals surface area contributed by atoms with Gasteiger partial charge in [0, 0.05) is 17.7 Å². The number of hydrogen-bond acceptors (Lipinski definition) is 4. The summed E-state index contributed by atoms with van der Waals surface area (Å²) < 4.78 is 13.8. The molecule has 3 N–H and O–H groups in total. The molecule has 0 aliphatic carbocycles. The molecule has 0 bridgehead atoms. The molecular weight excluding hydrogens is 219 g/mol. The Kier molecular flexibility index (Phi) is 2.18. The number of benzene rings is 1. The van der Waals surface area contributed by atoms with Crippen LogP contribution in [0.3, 0.4) is 0 Å². The average molecular weight is 230 g/mol. The molecule has 5 heteroatoms. The van der Waals surface area contributed by atoms with Gasteiger partial charge in [0.25, 0.3) is 0 Å².